The van der Waals surface area contributed by atoms with Crippen LogP contribution in [0.1, 0.15) is 5.56 Å². The number of alkyl halides is 3. The van der Waals surface area contributed by atoms with E-state index in [0.29, 0.717) is 11.3 Å². The molecule has 1 heterocycles. The summed E-state index contributed by atoms with van der Waals surface area (Å²) in [5, 5.41) is -0.0746. The summed E-state index contributed by atoms with van der Waals surface area (Å²) in [6.45, 7) is 0. The molecule has 0 unspecified atom stereocenters. The van der Waals surface area contributed by atoms with Crippen molar-refractivity contribution in [1.29, 1.82) is 0 Å². The Morgan fingerprint density at radius 3 is 2.38 bits per heavy atom. The minimum absolute atomic E-state index is 0.0746. The van der Waals surface area contributed by atoms with Gasteiger partial charge >= 0.3 is 6.18 Å². The first-order chi connectivity index (χ1) is 11.5. The fourth-order valence-corrected chi connectivity index (χ4v) is 2.61. The maximum absolute atomic E-state index is 13.7. The molecule has 0 aliphatic heterocycles. The maximum atomic E-state index is 13.7. The van der Waals surface area contributed by atoms with Crippen LogP contribution in [0.25, 0.3) is 22.2 Å². The van der Waals surface area contributed by atoms with Crippen LogP contribution < -0.4 is 16.0 Å². The number of pyridine rings is 1. The van der Waals surface area contributed by atoms with Gasteiger partial charge in [-0.25, -0.2) is 4.98 Å². The van der Waals surface area contributed by atoms with Crippen LogP contribution in [-0.4, -0.2) is 12.1 Å². The molecule has 0 fully saturated rings. The molecule has 124 valence electrons. The van der Waals surface area contributed by atoms with E-state index in [9.17, 15) is 13.2 Å². The molecule has 0 aliphatic carbocycles. The number of anilines is 1. The third kappa shape index (κ3) is 2.74. The van der Waals surface area contributed by atoms with Crippen molar-refractivity contribution in [2.45, 2.75) is 6.18 Å². The molecule has 24 heavy (non-hydrogen) atoms. The van der Waals surface area contributed by atoms with Gasteiger partial charge in [0.15, 0.2) is 0 Å². The molecule has 0 aliphatic rings. The maximum Gasteiger partial charge on any atom is 0.419 e. The van der Waals surface area contributed by atoms with E-state index >= 15 is 0 Å². The van der Waals surface area contributed by atoms with E-state index in [1.165, 1.54) is 19.2 Å². The van der Waals surface area contributed by atoms with Crippen molar-refractivity contribution < 1.29 is 17.9 Å². The largest absolute Gasteiger partial charge is 0.497 e. The van der Waals surface area contributed by atoms with Crippen LogP contribution in [0.15, 0.2) is 48.5 Å². The molecule has 0 spiro atoms. The number of rotatable bonds is 3. The van der Waals surface area contributed by atoms with Gasteiger partial charge in [-0.3, -0.25) is 5.84 Å². The van der Waals surface area contributed by atoms with E-state index < -0.39 is 11.7 Å². The number of fused-ring (bicyclic) bond motifs is 1. The van der Waals surface area contributed by atoms with Gasteiger partial charge in [-0.1, -0.05) is 30.3 Å². The van der Waals surface area contributed by atoms with Gasteiger partial charge in [-0.05, 0) is 18.2 Å². The Labute approximate surface area is 136 Å². The highest BCUT2D eigenvalue weighted by Gasteiger charge is 2.37. The molecule has 0 atom stereocenters. The van der Waals surface area contributed by atoms with Gasteiger partial charge in [0.2, 0.25) is 0 Å². The molecular weight excluding hydrogens is 319 g/mol. The lowest BCUT2D eigenvalue weighted by Crippen LogP contribution is -2.17. The molecule has 0 amide bonds. The minimum Gasteiger partial charge on any atom is -0.497 e. The van der Waals surface area contributed by atoms with E-state index in [2.05, 4.69) is 10.4 Å². The van der Waals surface area contributed by atoms with E-state index in [1.807, 2.05) is 0 Å². The summed E-state index contributed by atoms with van der Waals surface area (Å²) in [6, 6.07) is 13.0. The number of benzene rings is 2. The summed E-state index contributed by atoms with van der Waals surface area (Å²) in [6.07, 6.45) is -4.61. The van der Waals surface area contributed by atoms with Crippen LogP contribution in [0.3, 0.4) is 0 Å². The number of hydrazine groups is 1. The Balaban J connectivity index is 2.43. The highest BCUT2D eigenvalue weighted by atomic mass is 19.4. The first-order valence-corrected chi connectivity index (χ1v) is 7.06. The average molecular weight is 333 g/mol. The Kier molecular flexibility index (Phi) is 4.02. The van der Waals surface area contributed by atoms with E-state index in [0.717, 1.165) is 0 Å². The molecule has 3 rings (SSSR count). The molecule has 0 saturated carbocycles. The van der Waals surface area contributed by atoms with Crippen LogP contribution in [-0.2, 0) is 6.18 Å². The zero-order valence-electron chi connectivity index (χ0n) is 12.7. The monoisotopic (exact) mass is 333 g/mol. The number of aromatic nitrogens is 1. The zero-order valence-corrected chi connectivity index (χ0v) is 12.7. The summed E-state index contributed by atoms with van der Waals surface area (Å²) in [5.74, 6) is 5.74. The fraction of sp³-hybridized carbons (Fsp3) is 0.118. The molecule has 7 heteroatoms. The third-order valence-corrected chi connectivity index (χ3v) is 3.67. The summed E-state index contributed by atoms with van der Waals surface area (Å²) in [7, 11) is 1.39. The molecule has 4 nitrogen and oxygen atoms in total. The lowest BCUT2D eigenvalue weighted by molar-refractivity contribution is -0.135. The van der Waals surface area contributed by atoms with Crippen molar-refractivity contribution in [1.82, 2.24) is 4.98 Å². The summed E-state index contributed by atoms with van der Waals surface area (Å²) < 4.78 is 46.2. The summed E-state index contributed by atoms with van der Waals surface area (Å²) in [5.41, 5.74) is 1.93. The number of methoxy groups -OCH3 is 1. The van der Waals surface area contributed by atoms with E-state index in [1.54, 1.807) is 36.4 Å². The van der Waals surface area contributed by atoms with E-state index in [4.69, 9.17) is 10.6 Å². The van der Waals surface area contributed by atoms with Gasteiger partial charge < -0.3 is 10.2 Å². The SMILES string of the molecule is COc1ccc2nc(-c3ccccc3)c(NN)c(C(F)(F)F)c2c1. The number of hydrogen-bond acceptors (Lipinski definition) is 4. The van der Waals surface area contributed by atoms with Gasteiger partial charge in [-0.2, -0.15) is 13.2 Å². The third-order valence-electron chi connectivity index (χ3n) is 3.67. The van der Waals surface area contributed by atoms with Gasteiger partial charge in [0.05, 0.1) is 29.6 Å². The van der Waals surface area contributed by atoms with Crippen molar-refractivity contribution in [2.24, 2.45) is 5.84 Å². The molecule has 1 aromatic heterocycles. The van der Waals surface area contributed by atoms with Crippen molar-refractivity contribution in [3.8, 4) is 17.0 Å². The molecule has 0 saturated heterocycles. The van der Waals surface area contributed by atoms with Gasteiger partial charge in [-0.15, -0.1) is 0 Å². The quantitative estimate of drug-likeness (QED) is 0.557. The van der Waals surface area contributed by atoms with Crippen LogP contribution in [0.5, 0.6) is 5.75 Å². The van der Waals surface area contributed by atoms with Crippen LogP contribution in [0.4, 0.5) is 18.9 Å². The Bertz CT molecular complexity index is 880. The normalized spacial score (nSPS) is 11.5. The Hall–Kier alpha value is -2.80. The van der Waals surface area contributed by atoms with Crippen molar-refractivity contribution >= 4 is 16.6 Å². The Morgan fingerprint density at radius 1 is 1.08 bits per heavy atom. The van der Waals surface area contributed by atoms with Gasteiger partial charge in [0, 0.05) is 10.9 Å². The molecule has 2 aromatic carbocycles. The van der Waals surface area contributed by atoms with Gasteiger partial charge in [0.25, 0.3) is 0 Å². The van der Waals surface area contributed by atoms with Crippen molar-refractivity contribution in [3.63, 3.8) is 0 Å². The van der Waals surface area contributed by atoms with Crippen LogP contribution in [0.2, 0.25) is 0 Å². The van der Waals surface area contributed by atoms with Crippen LogP contribution in [0, 0.1) is 0 Å². The minimum atomic E-state index is -4.61. The first-order valence-electron chi connectivity index (χ1n) is 7.06. The number of nitrogens with two attached hydrogens (primary N) is 1. The van der Waals surface area contributed by atoms with E-state index in [-0.39, 0.29) is 22.3 Å². The summed E-state index contributed by atoms with van der Waals surface area (Å²) in [4.78, 5) is 4.37. The second-order valence-corrected chi connectivity index (χ2v) is 5.10. The zero-order chi connectivity index (χ0) is 17.3. The lowest BCUT2D eigenvalue weighted by atomic mass is 10.0. The number of hydrogen-bond donors (Lipinski definition) is 2. The second-order valence-electron chi connectivity index (χ2n) is 5.10. The average Bonchev–Trinajstić information content (AvgIpc) is 2.59. The predicted octanol–water partition coefficient (Wildman–Crippen LogP) is 4.21. The lowest BCUT2D eigenvalue weighted by Gasteiger charge is -2.19. The highest BCUT2D eigenvalue weighted by molar-refractivity contribution is 5.94. The van der Waals surface area contributed by atoms with Crippen LogP contribution >= 0.6 is 0 Å². The summed E-state index contributed by atoms with van der Waals surface area (Å²) >= 11 is 0. The number of nitrogens with one attached hydrogen (secondary N) is 1. The number of ether oxygens (including phenoxy) is 1. The predicted molar refractivity (Wildman–Crippen MR) is 86.5 cm³/mol. The molecular formula is C17H14F3N3O. The Morgan fingerprint density at radius 2 is 1.79 bits per heavy atom. The molecule has 3 aromatic rings. The number of halogens is 3. The van der Waals surface area contributed by atoms with Crippen molar-refractivity contribution in [2.75, 3.05) is 12.5 Å². The molecule has 3 N–H and O–H groups in total. The van der Waals surface area contributed by atoms with Gasteiger partial charge in [0.1, 0.15) is 5.75 Å². The first kappa shape index (κ1) is 16.1. The standard InChI is InChI=1S/C17H14F3N3O/c1-24-11-7-8-13-12(9-11)14(17(18,19)20)16(23-21)15(22-13)10-5-3-2-4-6-10/h2-9,23H,21H2,1H3. The number of nitrogen functional groups attached to an aromatic ring is 1. The fourth-order valence-electron chi connectivity index (χ4n) is 2.61. The topological polar surface area (TPSA) is 60.2 Å². The van der Waals surface area contributed by atoms with Crippen molar-refractivity contribution in [3.05, 3.63) is 54.1 Å². The second kappa shape index (κ2) is 6.01. The smallest absolute Gasteiger partial charge is 0.419 e. The number of nitrogens with zero attached hydrogens (tertiary/aromatic N) is 1. The molecule has 0 radical (unpaired) electrons. The highest BCUT2D eigenvalue weighted by Crippen LogP contribution is 2.44. The molecule has 0 bridgehead atoms.